The highest BCUT2D eigenvalue weighted by atomic mass is 35.5. The number of hydrogen-bond acceptors (Lipinski definition) is 4. The molecule has 4 aromatic rings. The van der Waals surface area contributed by atoms with Crippen LogP contribution in [0.15, 0.2) is 77.7 Å². The third-order valence-corrected chi connectivity index (χ3v) is 8.17. The Labute approximate surface area is 202 Å². The van der Waals surface area contributed by atoms with E-state index >= 15 is 0 Å². The summed E-state index contributed by atoms with van der Waals surface area (Å²) in [4.78, 5) is 5.06. The van der Waals surface area contributed by atoms with E-state index < -0.39 is 10.0 Å². The monoisotopic (exact) mass is 498 g/mol. The van der Waals surface area contributed by atoms with Crippen molar-refractivity contribution in [3.63, 3.8) is 0 Å². The van der Waals surface area contributed by atoms with Crippen LogP contribution < -0.4 is 0 Å². The molecule has 1 saturated heterocycles. The Balaban J connectivity index is 1.59. The molecule has 1 aromatic heterocycles. The summed E-state index contributed by atoms with van der Waals surface area (Å²) in [5.41, 5.74) is 4.09. The number of hydrogen-bond donors (Lipinski definition) is 0. The van der Waals surface area contributed by atoms with E-state index in [4.69, 9.17) is 32.9 Å². The fourth-order valence-corrected chi connectivity index (χ4v) is 5.80. The number of halogens is 2. The molecule has 0 radical (unpaired) electrons. The van der Waals surface area contributed by atoms with Gasteiger partial charge in [-0.1, -0.05) is 53.5 Å². The highest BCUT2D eigenvalue weighted by molar-refractivity contribution is 7.89. The van der Waals surface area contributed by atoms with Crippen molar-refractivity contribution in [1.29, 1.82) is 0 Å². The lowest BCUT2D eigenvalue weighted by molar-refractivity contribution is 0.0730. The molecule has 1 fully saturated rings. The topological polar surface area (TPSA) is 59.5 Å². The molecule has 5 nitrogen and oxygen atoms in total. The summed E-state index contributed by atoms with van der Waals surface area (Å²) in [7, 11) is -3.56. The smallest absolute Gasteiger partial charge is 0.243 e. The van der Waals surface area contributed by atoms with Crippen molar-refractivity contribution in [2.24, 2.45) is 0 Å². The Morgan fingerprint density at radius 2 is 1.58 bits per heavy atom. The van der Waals surface area contributed by atoms with Crippen molar-refractivity contribution in [3.05, 3.63) is 82.8 Å². The van der Waals surface area contributed by atoms with Crippen LogP contribution in [0.3, 0.4) is 0 Å². The van der Waals surface area contributed by atoms with Crippen LogP contribution in [0.25, 0.3) is 33.3 Å². The molecule has 3 aromatic carbocycles. The van der Waals surface area contributed by atoms with Gasteiger partial charge in [0.2, 0.25) is 10.0 Å². The van der Waals surface area contributed by atoms with Gasteiger partial charge in [0.1, 0.15) is 0 Å². The number of ether oxygens (including phenoxy) is 1. The van der Waals surface area contributed by atoms with Gasteiger partial charge >= 0.3 is 0 Å². The van der Waals surface area contributed by atoms with Crippen LogP contribution in [0.2, 0.25) is 10.0 Å². The summed E-state index contributed by atoms with van der Waals surface area (Å²) in [6.07, 6.45) is 0. The van der Waals surface area contributed by atoms with Crippen LogP contribution in [-0.2, 0) is 14.8 Å². The molecule has 0 saturated carbocycles. The van der Waals surface area contributed by atoms with Crippen molar-refractivity contribution in [3.8, 4) is 22.4 Å². The second-order valence-corrected chi connectivity index (χ2v) is 10.5. The maximum Gasteiger partial charge on any atom is 0.243 e. The Kier molecular flexibility index (Phi) is 6.12. The highest BCUT2D eigenvalue weighted by Crippen LogP contribution is 2.37. The van der Waals surface area contributed by atoms with E-state index in [0.29, 0.717) is 36.3 Å². The number of fused-ring (bicyclic) bond motifs is 1. The minimum Gasteiger partial charge on any atom is -0.379 e. The average molecular weight is 499 g/mol. The average Bonchev–Trinajstić information content (AvgIpc) is 2.84. The largest absolute Gasteiger partial charge is 0.379 e. The maximum atomic E-state index is 12.9. The van der Waals surface area contributed by atoms with Crippen molar-refractivity contribution in [2.75, 3.05) is 26.3 Å². The molecule has 2 heterocycles. The number of rotatable bonds is 4. The Bertz CT molecular complexity index is 1430. The third-order valence-electron chi connectivity index (χ3n) is 5.69. The van der Waals surface area contributed by atoms with Gasteiger partial charge in [0.15, 0.2) is 0 Å². The Hall–Kier alpha value is -2.48. The van der Waals surface area contributed by atoms with Crippen LogP contribution in [0.5, 0.6) is 0 Å². The van der Waals surface area contributed by atoms with Crippen molar-refractivity contribution >= 4 is 44.1 Å². The molecule has 0 N–H and O–H groups in total. The zero-order chi connectivity index (χ0) is 23.0. The molecular formula is C25H20Cl2N2O3S. The summed E-state index contributed by atoms with van der Waals surface area (Å²) in [6.45, 7) is 1.54. The molecule has 0 atom stereocenters. The van der Waals surface area contributed by atoms with E-state index in [-0.39, 0.29) is 4.90 Å². The number of aromatic nitrogens is 1. The van der Waals surface area contributed by atoms with Gasteiger partial charge in [-0.3, -0.25) is 0 Å². The number of sulfonamides is 1. The van der Waals surface area contributed by atoms with Gasteiger partial charge in [-0.2, -0.15) is 4.31 Å². The summed E-state index contributed by atoms with van der Waals surface area (Å²) in [6, 6.07) is 22.0. The standard InChI is InChI=1S/C25H20Cl2N2O3S/c26-18-7-10-24-22(15-18)21(20-3-1-2-4-23(20)27)16-25(28-24)17-5-8-19(9-6-17)33(30,31)29-11-13-32-14-12-29/h1-10,15-16H,11-14H2. The Morgan fingerprint density at radius 3 is 2.30 bits per heavy atom. The van der Waals surface area contributed by atoms with E-state index in [9.17, 15) is 8.42 Å². The normalized spacial score (nSPS) is 15.1. The highest BCUT2D eigenvalue weighted by Gasteiger charge is 2.26. The molecule has 1 aliphatic heterocycles. The van der Waals surface area contributed by atoms with Gasteiger partial charge in [-0.25, -0.2) is 13.4 Å². The minimum absolute atomic E-state index is 0.257. The van der Waals surface area contributed by atoms with Crippen molar-refractivity contribution in [1.82, 2.24) is 9.29 Å². The molecule has 33 heavy (non-hydrogen) atoms. The quantitative estimate of drug-likeness (QED) is 0.351. The van der Waals surface area contributed by atoms with Gasteiger partial charge in [-0.15, -0.1) is 0 Å². The molecule has 5 rings (SSSR count). The number of morpholine rings is 1. The first-order chi connectivity index (χ1) is 15.9. The lowest BCUT2D eigenvalue weighted by Crippen LogP contribution is -2.40. The molecule has 0 spiro atoms. The van der Waals surface area contributed by atoms with Gasteiger partial charge in [0.05, 0.1) is 29.3 Å². The van der Waals surface area contributed by atoms with Crippen molar-refractivity contribution in [2.45, 2.75) is 4.90 Å². The number of nitrogens with zero attached hydrogens (tertiary/aromatic N) is 2. The third kappa shape index (κ3) is 4.37. The van der Waals surface area contributed by atoms with E-state index in [1.165, 1.54) is 4.31 Å². The second-order valence-electron chi connectivity index (χ2n) is 7.74. The van der Waals surface area contributed by atoms with Crippen LogP contribution in [0.1, 0.15) is 0 Å². The van der Waals surface area contributed by atoms with Crippen LogP contribution in [0, 0.1) is 0 Å². The minimum atomic E-state index is -3.56. The Morgan fingerprint density at radius 1 is 0.848 bits per heavy atom. The summed E-state index contributed by atoms with van der Waals surface area (Å²) < 4.78 is 32.6. The zero-order valence-electron chi connectivity index (χ0n) is 17.5. The first kappa shape index (κ1) is 22.3. The fraction of sp³-hybridized carbons (Fsp3) is 0.160. The van der Waals surface area contributed by atoms with Gasteiger partial charge in [-0.05, 0) is 48.0 Å². The summed E-state index contributed by atoms with van der Waals surface area (Å²) in [5.74, 6) is 0. The molecule has 0 unspecified atom stereocenters. The fourth-order valence-electron chi connectivity index (χ4n) is 3.98. The first-order valence-electron chi connectivity index (χ1n) is 10.5. The molecule has 0 bridgehead atoms. The number of benzene rings is 3. The van der Waals surface area contributed by atoms with Crippen LogP contribution >= 0.6 is 23.2 Å². The summed E-state index contributed by atoms with van der Waals surface area (Å²) >= 11 is 12.8. The van der Waals surface area contributed by atoms with E-state index in [2.05, 4.69) is 0 Å². The molecule has 0 aliphatic carbocycles. The van der Waals surface area contributed by atoms with Crippen LogP contribution in [0.4, 0.5) is 0 Å². The van der Waals surface area contributed by atoms with Gasteiger partial charge < -0.3 is 4.74 Å². The van der Waals surface area contributed by atoms with E-state index in [1.54, 1.807) is 30.3 Å². The van der Waals surface area contributed by atoms with Crippen molar-refractivity contribution < 1.29 is 13.2 Å². The number of pyridine rings is 1. The lowest BCUT2D eigenvalue weighted by Gasteiger charge is -2.26. The van der Waals surface area contributed by atoms with Crippen LogP contribution in [-0.4, -0.2) is 44.0 Å². The van der Waals surface area contributed by atoms with Gasteiger partial charge in [0.25, 0.3) is 0 Å². The summed E-state index contributed by atoms with van der Waals surface area (Å²) in [5, 5.41) is 2.14. The first-order valence-corrected chi connectivity index (χ1v) is 12.7. The second kappa shape index (κ2) is 9.05. The lowest BCUT2D eigenvalue weighted by atomic mass is 9.98. The molecular weight excluding hydrogens is 479 g/mol. The predicted octanol–water partition coefficient (Wildman–Crippen LogP) is 5.90. The van der Waals surface area contributed by atoms with E-state index in [1.807, 2.05) is 42.5 Å². The molecule has 168 valence electrons. The molecule has 1 aliphatic rings. The predicted molar refractivity (Wildman–Crippen MR) is 132 cm³/mol. The maximum absolute atomic E-state index is 12.9. The van der Waals surface area contributed by atoms with Gasteiger partial charge in [0, 0.05) is 39.6 Å². The molecule has 0 amide bonds. The zero-order valence-corrected chi connectivity index (χ0v) is 19.9. The van der Waals surface area contributed by atoms with E-state index in [0.717, 1.165) is 33.3 Å². The SMILES string of the molecule is O=S(=O)(c1ccc(-c2cc(-c3ccccc3Cl)c3cc(Cl)ccc3n2)cc1)N1CCOCC1. The molecule has 8 heteroatoms.